The number of nitrogens with one attached hydrogen (secondary N) is 2. The Labute approximate surface area is 207 Å². The summed E-state index contributed by atoms with van der Waals surface area (Å²) in [5.74, 6) is 0.763. The number of rotatable bonds is 6. The van der Waals surface area contributed by atoms with E-state index in [-0.39, 0.29) is 17.2 Å². The van der Waals surface area contributed by atoms with E-state index in [4.69, 9.17) is 0 Å². The molecule has 184 valence electrons. The van der Waals surface area contributed by atoms with Gasteiger partial charge < -0.3 is 15.3 Å². The third-order valence-electron chi connectivity index (χ3n) is 7.86. The van der Waals surface area contributed by atoms with Crippen LogP contribution in [-0.4, -0.2) is 57.8 Å². The van der Waals surface area contributed by atoms with Crippen molar-refractivity contribution < 1.29 is 9.90 Å². The van der Waals surface area contributed by atoms with E-state index in [1.54, 1.807) is 12.4 Å². The highest BCUT2D eigenvalue weighted by Crippen LogP contribution is 2.50. The number of pyridine rings is 1. The SMILES string of the molecule is CC(C)c1ccc([C@](O)(c2cncc(-c3cc(C4CCC(=O)NC4)[nH]n3)c2)C2(C)CN(C)C2)cc1. The Balaban J connectivity index is 1.51. The molecule has 2 aliphatic rings. The van der Waals surface area contributed by atoms with Crippen LogP contribution in [0.4, 0.5) is 0 Å². The number of hydrogen-bond donors (Lipinski definition) is 3. The molecule has 2 aliphatic heterocycles. The molecular formula is C28H35N5O2. The van der Waals surface area contributed by atoms with Gasteiger partial charge in [-0.3, -0.25) is 14.9 Å². The molecule has 1 aromatic carbocycles. The number of H-pyrrole nitrogens is 1. The Hall–Kier alpha value is -3.03. The number of aliphatic hydroxyl groups is 1. The smallest absolute Gasteiger partial charge is 0.220 e. The van der Waals surface area contributed by atoms with Crippen LogP contribution in [0.15, 0.2) is 48.8 Å². The van der Waals surface area contributed by atoms with Gasteiger partial charge in [-0.15, -0.1) is 0 Å². The molecule has 2 fully saturated rings. The largest absolute Gasteiger partial charge is 0.380 e. The zero-order valence-electron chi connectivity index (χ0n) is 21.0. The minimum atomic E-state index is -1.19. The number of carbonyl (C=O) groups is 1. The first kappa shape index (κ1) is 23.7. The molecule has 35 heavy (non-hydrogen) atoms. The Morgan fingerprint density at radius 1 is 1.14 bits per heavy atom. The van der Waals surface area contributed by atoms with Crippen LogP contribution in [0.5, 0.6) is 0 Å². The summed E-state index contributed by atoms with van der Waals surface area (Å²) in [6.45, 7) is 8.71. The van der Waals surface area contributed by atoms with Gasteiger partial charge in [-0.25, -0.2) is 0 Å². The number of aromatic amines is 1. The summed E-state index contributed by atoms with van der Waals surface area (Å²) in [5, 5.41) is 23.1. The van der Waals surface area contributed by atoms with Crippen molar-refractivity contribution in [2.75, 3.05) is 26.7 Å². The number of likely N-dealkylation sites (tertiary alicyclic amines) is 1. The van der Waals surface area contributed by atoms with Gasteiger partial charge in [-0.1, -0.05) is 45.0 Å². The molecule has 2 saturated heterocycles. The first-order chi connectivity index (χ1) is 16.7. The number of carbonyl (C=O) groups excluding carboxylic acids is 1. The molecule has 2 aromatic heterocycles. The van der Waals surface area contributed by atoms with E-state index in [0.29, 0.717) is 18.9 Å². The molecule has 2 atom stereocenters. The standard InChI is InChI=1S/C28H35N5O2/c1-18(2)19-5-8-22(9-6-19)28(35,27(3)16-33(4)17-27)23-11-21(13-29-15-23)25-12-24(31-32-25)20-7-10-26(34)30-14-20/h5-6,8-9,11-13,15,18,20,35H,7,10,14,16-17H2,1-4H3,(H,30,34)(H,31,32)/t20?,28-/m0/s1. The minimum absolute atomic E-state index is 0.105. The molecule has 0 saturated carbocycles. The van der Waals surface area contributed by atoms with E-state index < -0.39 is 5.60 Å². The number of hydrogen-bond acceptors (Lipinski definition) is 5. The lowest BCUT2D eigenvalue weighted by Gasteiger charge is -2.55. The molecule has 0 bridgehead atoms. The van der Waals surface area contributed by atoms with Crippen molar-refractivity contribution in [1.82, 2.24) is 25.4 Å². The van der Waals surface area contributed by atoms with E-state index in [1.807, 2.05) is 12.1 Å². The second-order valence-electron chi connectivity index (χ2n) is 10.9. The first-order valence-electron chi connectivity index (χ1n) is 12.5. The van der Waals surface area contributed by atoms with Crippen LogP contribution in [0.25, 0.3) is 11.3 Å². The van der Waals surface area contributed by atoms with Crippen molar-refractivity contribution in [2.45, 2.75) is 51.0 Å². The van der Waals surface area contributed by atoms with E-state index >= 15 is 0 Å². The third-order valence-corrected chi connectivity index (χ3v) is 7.86. The third kappa shape index (κ3) is 4.17. The molecule has 4 heterocycles. The molecule has 7 heteroatoms. The Morgan fingerprint density at radius 3 is 2.51 bits per heavy atom. The average Bonchev–Trinajstić information content (AvgIpc) is 3.33. The fraction of sp³-hybridized carbons (Fsp3) is 0.464. The maximum absolute atomic E-state index is 12.5. The fourth-order valence-corrected chi connectivity index (χ4v) is 5.82. The van der Waals surface area contributed by atoms with Crippen molar-refractivity contribution >= 4 is 5.91 Å². The Kier molecular flexibility index (Phi) is 6.01. The summed E-state index contributed by atoms with van der Waals surface area (Å²) in [7, 11) is 2.08. The quantitative estimate of drug-likeness (QED) is 0.507. The van der Waals surface area contributed by atoms with Gasteiger partial charge >= 0.3 is 0 Å². The van der Waals surface area contributed by atoms with Crippen molar-refractivity contribution in [3.63, 3.8) is 0 Å². The van der Waals surface area contributed by atoms with Gasteiger partial charge in [-0.05, 0) is 42.6 Å². The zero-order valence-corrected chi connectivity index (χ0v) is 21.0. The van der Waals surface area contributed by atoms with Gasteiger partial charge in [0.15, 0.2) is 0 Å². The number of piperidine rings is 1. The number of nitrogens with zero attached hydrogens (tertiary/aromatic N) is 3. The summed E-state index contributed by atoms with van der Waals surface area (Å²) in [6, 6.07) is 12.4. The van der Waals surface area contributed by atoms with Crippen molar-refractivity contribution in [1.29, 1.82) is 0 Å². The normalized spacial score (nSPS) is 21.9. The average molecular weight is 474 g/mol. The molecule has 1 amide bonds. The van der Waals surface area contributed by atoms with Crippen LogP contribution in [0.2, 0.25) is 0 Å². The Bertz CT molecular complexity index is 1200. The summed E-state index contributed by atoms with van der Waals surface area (Å²) in [5.41, 5.74) is 4.04. The maximum Gasteiger partial charge on any atom is 0.220 e. The summed E-state index contributed by atoms with van der Waals surface area (Å²) in [4.78, 5) is 18.3. The molecule has 0 radical (unpaired) electrons. The minimum Gasteiger partial charge on any atom is -0.380 e. The highest BCUT2D eigenvalue weighted by Gasteiger charge is 2.55. The van der Waals surface area contributed by atoms with Gasteiger partial charge in [0.05, 0.1) is 5.69 Å². The van der Waals surface area contributed by atoms with E-state index in [0.717, 1.165) is 47.6 Å². The number of benzene rings is 1. The highest BCUT2D eigenvalue weighted by molar-refractivity contribution is 5.77. The molecular weight excluding hydrogens is 438 g/mol. The molecule has 3 N–H and O–H groups in total. The molecule has 1 unspecified atom stereocenters. The summed E-state index contributed by atoms with van der Waals surface area (Å²) >= 11 is 0. The van der Waals surface area contributed by atoms with Crippen molar-refractivity contribution in [2.24, 2.45) is 5.41 Å². The Morgan fingerprint density at radius 2 is 1.89 bits per heavy atom. The highest BCUT2D eigenvalue weighted by atomic mass is 16.3. The molecule has 0 spiro atoms. The fourth-order valence-electron chi connectivity index (χ4n) is 5.82. The van der Waals surface area contributed by atoms with E-state index in [1.165, 1.54) is 5.56 Å². The second-order valence-corrected chi connectivity index (χ2v) is 10.9. The van der Waals surface area contributed by atoms with E-state index in [9.17, 15) is 9.90 Å². The van der Waals surface area contributed by atoms with Gasteiger partial charge in [0, 0.05) is 66.6 Å². The van der Waals surface area contributed by atoms with Crippen LogP contribution in [0, 0.1) is 5.41 Å². The van der Waals surface area contributed by atoms with Crippen molar-refractivity contribution in [3.05, 3.63) is 71.2 Å². The predicted molar refractivity (Wildman–Crippen MR) is 136 cm³/mol. The first-order valence-corrected chi connectivity index (χ1v) is 12.5. The van der Waals surface area contributed by atoms with Crippen LogP contribution in [0.1, 0.15) is 67.8 Å². The van der Waals surface area contributed by atoms with Crippen LogP contribution in [-0.2, 0) is 10.4 Å². The van der Waals surface area contributed by atoms with Gasteiger partial charge in [0.2, 0.25) is 5.91 Å². The predicted octanol–water partition coefficient (Wildman–Crippen LogP) is 3.78. The molecule has 5 rings (SSSR count). The second kappa shape index (κ2) is 8.88. The molecule has 0 aliphatic carbocycles. The lowest BCUT2D eigenvalue weighted by atomic mass is 9.62. The topological polar surface area (TPSA) is 94.1 Å². The summed E-state index contributed by atoms with van der Waals surface area (Å²) < 4.78 is 0. The molecule has 7 nitrogen and oxygen atoms in total. The van der Waals surface area contributed by atoms with Gasteiger partial charge in [0.25, 0.3) is 0 Å². The maximum atomic E-state index is 12.5. The number of amides is 1. The van der Waals surface area contributed by atoms with Crippen molar-refractivity contribution in [3.8, 4) is 11.3 Å². The van der Waals surface area contributed by atoms with Gasteiger partial charge in [-0.2, -0.15) is 5.10 Å². The van der Waals surface area contributed by atoms with Crippen LogP contribution < -0.4 is 5.32 Å². The lowest BCUT2D eigenvalue weighted by Crippen LogP contribution is -2.63. The monoisotopic (exact) mass is 473 g/mol. The van der Waals surface area contributed by atoms with Crippen LogP contribution in [0.3, 0.4) is 0 Å². The van der Waals surface area contributed by atoms with E-state index in [2.05, 4.69) is 77.5 Å². The van der Waals surface area contributed by atoms with Crippen LogP contribution >= 0.6 is 0 Å². The zero-order chi connectivity index (χ0) is 24.8. The number of aromatic nitrogens is 3. The molecule has 3 aromatic rings. The summed E-state index contributed by atoms with van der Waals surface area (Å²) in [6.07, 6.45) is 4.92. The lowest BCUT2D eigenvalue weighted by molar-refractivity contribution is -0.127. The van der Waals surface area contributed by atoms with Gasteiger partial charge in [0.1, 0.15) is 5.60 Å².